The molecule has 0 atom stereocenters. The van der Waals surface area contributed by atoms with E-state index in [0.717, 1.165) is 18.4 Å². The van der Waals surface area contributed by atoms with E-state index in [1.807, 2.05) is 12.1 Å². The molecule has 0 fully saturated rings. The molecule has 0 spiro atoms. The van der Waals surface area contributed by atoms with Crippen molar-refractivity contribution in [2.24, 2.45) is 10.2 Å². The highest BCUT2D eigenvalue weighted by Crippen LogP contribution is 2.32. The van der Waals surface area contributed by atoms with Gasteiger partial charge >= 0.3 is 0 Å². The molecular weight excluding hydrogens is 264 g/mol. The molecule has 0 bridgehead atoms. The molecule has 21 heavy (non-hydrogen) atoms. The summed E-state index contributed by atoms with van der Waals surface area (Å²) in [4.78, 5) is 0. The first kappa shape index (κ1) is 15.0. The summed E-state index contributed by atoms with van der Waals surface area (Å²) in [6.07, 6.45) is 4.46. The number of phenols is 2. The second-order valence-electron chi connectivity index (χ2n) is 4.97. The van der Waals surface area contributed by atoms with E-state index in [4.69, 9.17) is 0 Å². The van der Waals surface area contributed by atoms with E-state index in [1.165, 1.54) is 12.8 Å². The van der Waals surface area contributed by atoms with Crippen molar-refractivity contribution in [1.29, 1.82) is 0 Å². The Labute approximate surface area is 124 Å². The fourth-order valence-electron chi connectivity index (χ4n) is 2.04. The van der Waals surface area contributed by atoms with E-state index < -0.39 is 0 Å². The molecule has 0 aliphatic heterocycles. The fourth-order valence-corrected chi connectivity index (χ4v) is 2.04. The number of hydrogen-bond acceptors (Lipinski definition) is 4. The van der Waals surface area contributed by atoms with Gasteiger partial charge in [0.2, 0.25) is 0 Å². The minimum absolute atomic E-state index is 0.0693. The molecule has 2 N–H and O–H groups in total. The second kappa shape index (κ2) is 7.43. The summed E-state index contributed by atoms with van der Waals surface area (Å²) in [5, 5.41) is 27.5. The Morgan fingerprint density at radius 2 is 1.57 bits per heavy atom. The van der Waals surface area contributed by atoms with Gasteiger partial charge in [-0.3, -0.25) is 0 Å². The van der Waals surface area contributed by atoms with Crippen LogP contribution in [0.4, 0.5) is 11.4 Å². The summed E-state index contributed by atoms with van der Waals surface area (Å²) in [5.41, 5.74) is 1.94. The average molecular weight is 284 g/mol. The van der Waals surface area contributed by atoms with Gasteiger partial charge in [-0.15, -0.1) is 10.2 Å². The summed E-state index contributed by atoms with van der Waals surface area (Å²) in [6, 6.07) is 12.1. The van der Waals surface area contributed by atoms with E-state index in [9.17, 15) is 10.2 Å². The molecule has 0 radical (unpaired) electrons. The maximum Gasteiger partial charge on any atom is 0.143 e. The largest absolute Gasteiger partial charge is 0.506 e. The van der Waals surface area contributed by atoms with Gasteiger partial charge < -0.3 is 10.2 Å². The van der Waals surface area contributed by atoms with Crippen LogP contribution in [0, 0.1) is 0 Å². The lowest BCUT2D eigenvalue weighted by molar-refractivity contribution is 0.473. The summed E-state index contributed by atoms with van der Waals surface area (Å²) in [7, 11) is 0. The number of rotatable bonds is 6. The van der Waals surface area contributed by atoms with Gasteiger partial charge in [-0.2, -0.15) is 0 Å². The van der Waals surface area contributed by atoms with E-state index in [1.54, 1.807) is 30.3 Å². The molecule has 2 aromatic rings. The van der Waals surface area contributed by atoms with Crippen molar-refractivity contribution in [3.63, 3.8) is 0 Å². The molecule has 0 amide bonds. The highest BCUT2D eigenvalue weighted by atomic mass is 16.3. The third kappa shape index (κ3) is 4.31. The zero-order chi connectivity index (χ0) is 15.1. The number of unbranched alkanes of at least 4 members (excludes halogenated alkanes) is 2. The molecule has 0 saturated heterocycles. The lowest BCUT2D eigenvalue weighted by Gasteiger charge is -2.04. The second-order valence-corrected chi connectivity index (χ2v) is 4.97. The van der Waals surface area contributed by atoms with Gasteiger partial charge in [0.1, 0.15) is 22.9 Å². The van der Waals surface area contributed by atoms with Crippen LogP contribution < -0.4 is 0 Å². The van der Waals surface area contributed by atoms with Crippen molar-refractivity contribution in [3.05, 3.63) is 48.0 Å². The van der Waals surface area contributed by atoms with Gasteiger partial charge in [0.15, 0.2) is 0 Å². The molecule has 4 heteroatoms. The Hall–Kier alpha value is -2.36. The standard InChI is InChI=1S/C17H20N2O2/c1-2-3-4-7-13-10-11-17(21)15(12-13)19-18-14-8-5-6-9-16(14)20/h5-6,8-12,20-21H,2-4,7H2,1H3. The molecule has 0 unspecified atom stereocenters. The normalized spacial score (nSPS) is 11.1. The molecule has 0 saturated carbocycles. The van der Waals surface area contributed by atoms with Crippen LogP contribution in [0.5, 0.6) is 11.5 Å². The third-order valence-corrected chi connectivity index (χ3v) is 3.26. The highest BCUT2D eigenvalue weighted by molar-refractivity contribution is 5.54. The lowest BCUT2D eigenvalue weighted by Crippen LogP contribution is -1.84. The van der Waals surface area contributed by atoms with Crippen LogP contribution in [-0.4, -0.2) is 10.2 Å². The summed E-state index contributed by atoms with van der Waals surface area (Å²) in [5.74, 6) is 0.160. The van der Waals surface area contributed by atoms with Gasteiger partial charge in [-0.1, -0.05) is 38.0 Å². The van der Waals surface area contributed by atoms with Crippen LogP contribution in [0.3, 0.4) is 0 Å². The maximum atomic E-state index is 9.84. The molecule has 110 valence electrons. The van der Waals surface area contributed by atoms with Crippen LogP contribution in [0.1, 0.15) is 31.7 Å². The quantitative estimate of drug-likeness (QED) is 0.562. The van der Waals surface area contributed by atoms with E-state index >= 15 is 0 Å². The smallest absolute Gasteiger partial charge is 0.143 e. The molecule has 2 rings (SSSR count). The Kier molecular flexibility index (Phi) is 5.32. The van der Waals surface area contributed by atoms with Crippen LogP contribution in [0.2, 0.25) is 0 Å². The molecule has 0 aromatic heterocycles. The zero-order valence-corrected chi connectivity index (χ0v) is 12.2. The number of phenolic OH excluding ortho intramolecular Hbond substituents is 2. The third-order valence-electron chi connectivity index (χ3n) is 3.26. The Bertz CT molecular complexity index is 624. The zero-order valence-electron chi connectivity index (χ0n) is 12.2. The first-order valence-corrected chi connectivity index (χ1v) is 7.22. The molecule has 0 aliphatic carbocycles. The molecule has 4 nitrogen and oxygen atoms in total. The average Bonchev–Trinajstić information content (AvgIpc) is 2.49. The number of aryl methyl sites for hydroxylation is 1. The number of nitrogens with zero attached hydrogens (tertiary/aromatic N) is 2. The van der Waals surface area contributed by atoms with Gasteiger partial charge in [-0.05, 0) is 42.7 Å². The van der Waals surface area contributed by atoms with Crippen molar-refractivity contribution >= 4 is 11.4 Å². The van der Waals surface area contributed by atoms with E-state index in [0.29, 0.717) is 11.4 Å². The van der Waals surface area contributed by atoms with Crippen molar-refractivity contribution in [2.75, 3.05) is 0 Å². The van der Waals surface area contributed by atoms with Gasteiger partial charge in [0.05, 0.1) is 0 Å². The monoisotopic (exact) mass is 284 g/mol. The maximum absolute atomic E-state index is 9.84. The van der Waals surface area contributed by atoms with Gasteiger partial charge in [0.25, 0.3) is 0 Å². The van der Waals surface area contributed by atoms with Gasteiger partial charge in [0, 0.05) is 0 Å². The minimum atomic E-state index is 0.0693. The first-order valence-electron chi connectivity index (χ1n) is 7.22. The topological polar surface area (TPSA) is 65.2 Å². The van der Waals surface area contributed by atoms with E-state index in [-0.39, 0.29) is 11.5 Å². The van der Waals surface area contributed by atoms with Crippen LogP contribution in [0.15, 0.2) is 52.7 Å². The van der Waals surface area contributed by atoms with Crippen molar-refractivity contribution in [2.45, 2.75) is 32.6 Å². The van der Waals surface area contributed by atoms with Crippen LogP contribution in [-0.2, 0) is 6.42 Å². The molecule has 0 heterocycles. The lowest BCUT2D eigenvalue weighted by atomic mass is 10.1. The number of para-hydroxylation sites is 1. The number of hydrogen-bond donors (Lipinski definition) is 2. The molecular formula is C17H20N2O2. The number of benzene rings is 2. The molecule has 0 aliphatic rings. The van der Waals surface area contributed by atoms with E-state index in [2.05, 4.69) is 17.2 Å². The fraction of sp³-hybridized carbons (Fsp3) is 0.294. The van der Waals surface area contributed by atoms with Gasteiger partial charge in [-0.25, -0.2) is 0 Å². The summed E-state index contributed by atoms with van der Waals surface area (Å²) < 4.78 is 0. The van der Waals surface area contributed by atoms with Crippen molar-refractivity contribution in [1.82, 2.24) is 0 Å². The predicted molar refractivity (Wildman–Crippen MR) is 83.6 cm³/mol. The number of aromatic hydroxyl groups is 2. The molecule has 2 aromatic carbocycles. The van der Waals surface area contributed by atoms with Crippen molar-refractivity contribution in [3.8, 4) is 11.5 Å². The predicted octanol–water partition coefficient (Wildman–Crippen LogP) is 5.25. The Morgan fingerprint density at radius 1 is 0.857 bits per heavy atom. The Morgan fingerprint density at radius 3 is 2.33 bits per heavy atom. The number of azo groups is 1. The Balaban J connectivity index is 2.15. The summed E-state index contributed by atoms with van der Waals surface area (Å²) in [6.45, 7) is 2.17. The highest BCUT2D eigenvalue weighted by Gasteiger charge is 2.03. The first-order chi connectivity index (χ1) is 10.2. The SMILES string of the molecule is CCCCCc1ccc(O)c(N=Nc2ccccc2O)c1. The van der Waals surface area contributed by atoms with Crippen molar-refractivity contribution < 1.29 is 10.2 Å². The van der Waals surface area contributed by atoms with Crippen LogP contribution in [0.25, 0.3) is 0 Å². The summed E-state index contributed by atoms with van der Waals surface area (Å²) >= 11 is 0. The minimum Gasteiger partial charge on any atom is -0.506 e. The van der Waals surface area contributed by atoms with Crippen LogP contribution >= 0.6 is 0 Å².